The highest BCUT2D eigenvalue weighted by Gasteiger charge is 2.17. The number of hydrogen-bond acceptors (Lipinski definition) is 3. The average Bonchev–Trinajstić information content (AvgIpc) is 3.24. The molecular weight excluding hydrogens is 723 g/mol. The largest absolute Gasteiger partial charge is 0.394 e. The first-order chi connectivity index (χ1) is 29.2. The molecule has 0 aromatic rings. The predicted molar refractivity (Wildman–Crippen MR) is 262 cm³/mol. The van der Waals surface area contributed by atoms with Gasteiger partial charge in [0, 0.05) is 6.42 Å². The molecule has 4 heteroatoms. The molecule has 0 aliphatic rings. The van der Waals surface area contributed by atoms with Gasteiger partial charge in [-0.1, -0.05) is 232 Å². The van der Waals surface area contributed by atoms with E-state index in [9.17, 15) is 15.0 Å². The SMILES string of the molecule is CC/C=C\C/C=C\C/C=C\C/C=C\C/C=C\C/C=C\C/C=C\CCCC(=O)NC(CO)C(O)/C=C/CC/C=C/CCCCCCCCCCCCCCCCCCCC. The molecule has 0 fully saturated rings. The maximum atomic E-state index is 12.4. The summed E-state index contributed by atoms with van der Waals surface area (Å²) in [4.78, 5) is 12.4. The van der Waals surface area contributed by atoms with Gasteiger partial charge in [0.1, 0.15) is 0 Å². The number of hydrogen-bond donors (Lipinski definition) is 3. The first-order valence-electron chi connectivity index (χ1n) is 24.6. The zero-order chi connectivity index (χ0) is 42.8. The van der Waals surface area contributed by atoms with E-state index in [4.69, 9.17) is 0 Å². The van der Waals surface area contributed by atoms with E-state index >= 15 is 0 Å². The van der Waals surface area contributed by atoms with Crippen LogP contribution in [0.1, 0.15) is 213 Å². The zero-order valence-corrected chi connectivity index (χ0v) is 38.5. The Kier molecular flexibility index (Phi) is 46.9. The van der Waals surface area contributed by atoms with E-state index < -0.39 is 12.1 Å². The molecule has 0 spiro atoms. The van der Waals surface area contributed by atoms with E-state index in [1.54, 1.807) is 6.08 Å². The van der Waals surface area contributed by atoms with Crippen LogP contribution in [-0.4, -0.2) is 34.9 Å². The summed E-state index contributed by atoms with van der Waals surface area (Å²) >= 11 is 0. The van der Waals surface area contributed by atoms with Crippen molar-refractivity contribution >= 4 is 5.91 Å². The third-order valence-corrected chi connectivity index (χ3v) is 10.5. The Hall–Kier alpha value is -2.95. The number of rotatable bonds is 43. The maximum Gasteiger partial charge on any atom is 0.220 e. The van der Waals surface area contributed by atoms with Gasteiger partial charge in [-0.05, 0) is 83.5 Å². The zero-order valence-electron chi connectivity index (χ0n) is 38.5. The van der Waals surface area contributed by atoms with Crippen LogP contribution >= 0.6 is 0 Å². The number of unbranched alkanes of at least 4 members (excludes halogenated alkanes) is 20. The Labute approximate surface area is 366 Å². The van der Waals surface area contributed by atoms with E-state index in [2.05, 4.69) is 116 Å². The van der Waals surface area contributed by atoms with Gasteiger partial charge >= 0.3 is 0 Å². The van der Waals surface area contributed by atoms with Crippen LogP contribution < -0.4 is 5.32 Å². The lowest BCUT2D eigenvalue weighted by Gasteiger charge is -2.19. The molecule has 2 atom stereocenters. The monoisotopic (exact) mass is 816 g/mol. The Morgan fingerprint density at radius 2 is 0.763 bits per heavy atom. The summed E-state index contributed by atoms with van der Waals surface area (Å²) in [5.74, 6) is -0.135. The summed E-state index contributed by atoms with van der Waals surface area (Å²) in [6.07, 6.45) is 75.1. The van der Waals surface area contributed by atoms with Gasteiger partial charge in [0.15, 0.2) is 0 Å². The van der Waals surface area contributed by atoms with E-state index in [0.717, 1.165) is 77.0 Å². The lowest BCUT2D eigenvalue weighted by atomic mass is 10.0. The van der Waals surface area contributed by atoms with Crippen LogP contribution in [0.4, 0.5) is 0 Å². The van der Waals surface area contributed by atoms with E-state index in [1.807, 2.05) is 6.08 Å². The summed E-state index contributed by atoms with van der Waals surface area (Å²) in [6, 6.07) is -0.678. The molecule has 0 aliphatic heterocycles. The van der Waals surface area contributed by atoms with Gasteiger partial charge in [0.05, 0.1) is 18.8 Å². The first kappa shape index (κ1) is 56.0. The fourth-order valence-electron chi connectivity index (χ4n) is 6.77. The van der Waals surface area contributed by atoms with Gasteiger partial charge in [-0.25, -0.2) is 0 Å². The normalized spacial score (nSPS) is 13.9. The fourth-order valence-corrected chi connectivity index (χ4v) is 6.77. The highest BCUT2D eigenvalue weighted by atomic mass is 16.3. The van der Waals surface area contributed by atoms with E-state index in [1.165, 1.54) is 116 Å². The van der Waals surface area contributed by atoms with Gasteiger partial charge in [0.25, 0.3) is 0 Å². The second-order valence-corrected chi connectivity index (χ2v) is 16.1. The minimum atomic E-state index is -0.895. The van der Waals surface area contributed by atoms with Gasteiger partial charge in [-0.2, -0.15) is 0 Å². The van der Waals surface area contributed by atoms with Crippen LogP contribution in [0.5, 0.6) is 0 Å². The van der Waals surface area contributed by atoms with Crippen molar-refractivity contribution in [3.63, 3.8) is 0 Å². The van der Waals surface area contributed by atoms with Crippen molar-refractivity contribution in [1.29, 1.82) is 0 Å². The number of allylic oxidation sites excluding steroid dienone is 17. The van der Waals surface area contributed by atoms with Crippen LogP contribution in [-0.2, 0) is 4.79 Å². The molecule has 0 radical (unpaired) electrons. The molecule has 0 aromatic heterocycles. The average molecular weight is 816 g/mol. The van der Waals surface area contributed by atoms with Crippen molar-refractivity contribution < 1.29 is 15.0 Å². The van der Waals surface area contributed by atoms with Gasteiger partial charge in [0.2, 0.25) is 5.91 Å². The molecule has 3 N–H and O–H groups in total. The summed E-state index contributed by atoms with van der Waals surface area (Å²) in [5, 5.41) is 23.0. The Morgan fingerprint density at radius 3 is 1.19 bits per heavy atom. The van der Waals surface area contributed by atoms with Crippen LogP contribution in [0.3, 0.4) is 0 Å². The summed E-state index contributed by atoms with van der Waals surface area (Å²) < 4.78 is 0. The minimum absolute atomic E-state index is 0.135. The molecule has 1 amide bonds. The quantitative estimate of drug-likeness (QED) is 0.0424. The van der Waals surface area contributed by atoms with Crippen molar-refractivity contribution in [2.24, 2.45) is 0 Å². The predicted octanol–water partition coefficient (Wildman–Crippen LogP) is 16.0. The van der Waals surface area contributed by atoms with E-state index in [0.29, 0.717) is 6.42 Å². The number of carbonyl (C=O) groups is 1. The number of aliphatic hydroxyl groups excluding tert-OH is 2. The van der Waals surface area contributed by atoms with Gasteiger partial charge in [-0.15, -0.1) is 0 Å². The maximum absolute atomic E-state index is 12.4. The summed E-state index contributed by atoms with van der Waals surface area (Å²) in [7, 11) is 0. The van der Waals surface area contributed by atoms with Crippen LogP contribution in [0.25, 0.3) is 0 Å². The van der Waals surface area contributed by atoms with Crippen molar-refractivity contribution in [2.75, 3.05) is 6.61 Å². The Bertz CT molecular complexity index is 1150. The third kappa shape index (κ3) is 46.0. The van der Waals surface area contributed by atoms with Crippen LogP contribution in [0.15, 0.2) is 109 Å². The standard InChI is InChI=1S/C55H93NO3/c1-3-5-7-9-11-13-15-17-19-21-23-25-27-29-30-32-34-36-38-40-42-44-46-48-50-54(58)53(52-57)56-55(59)51-49-47-45-43-41-39-37-35-33-31-28-26-24-22-20-18-16-14-12-10-8-6-4-2/h6,8,12,14,18,20,24,26,31,33,37,39-40,42-43,45,48,50,53-54,57-58H,3-5,7,9-11,13,15-17,19,21-23,25,27-30,32,34-36,38,41,44,46-47,49,51-52H2,1-2H3,(H,56,59)/b8-6-,14-12-,20-18-,26-24-,33-31-,39-37-,42-40+,45-43-,50-48+. The molecule has 4 nitrogen and oxygen atoms in total. The van der Waals surface area contributed by atoms with Crippen molar-refractivity contribution in [2.45, 2.75) is 225 Å². The minimum Gasteiger partial charge on any atom is -0.394 e. The van der Waals surface area contributed by atoms with Crippen LogP contribution in [0.2, 0.25) is 0 Å². The molecule has 59 heavy (non-hydrogen) atoms. The molecule has 336 valence electrons. The van der Waals surface area contributed by atoms with E-state index in [-0.39, 0.29) is 12.5 Å². The van der Waals surface area contributed by atoms with Crippen molar-refractivity contribution in [1.82, 2.24) is 5.32 Å². The second-order valence-electron chi connectivity index (χ2n) is 16.1. The fraction of sp³-hybridized carbons (Fsp3) is 0.655. The van der Waals surface area contributed by atoms with Crippen molar-refractivity contribution in [3.8, 4) is 0 Å². The lowest BCUT2D eigenvalue weighted by molar-refractivity contribution is -0.122. The topological polar surface area (TPSA) is 69.6 Å². The highest BCUT2D eigenvalue weighted by Crippen LogP contribution is 2.15. The van der Waals surface area contributed by atoms with Gasteiger partial charge < -0.3 is 15.5 Å². The second kappa shape index (κ2) is 49.4. The van der Waals surface area contributed by atoms with Gasteiger partial charge in [-0.3, -0.25) is 4.79 Å². The molecule has 0 aliphatic carbocycles. The third-order valence-electron chi connectivity index (χ3n) is 10.5. The van der Waals surface area contributed by atoms with Crippen LogP contribution in [0, 0.1) is 0 Å². The highest BCUT2D eigenvalue weighted by molar-refractivity contribution is 5.76. The Balaban J connectivity index is 3.73. The number of nitrogens with one attached hydrogen (secondary N) is 1. The summed E-state index contributed by atoms with van der Waals surface area (Å²) in [5.41, 5.74) is 0. The number of carbonyl (C=O) groups excluding carboxylic acids is 1. The molecule has 0 aromatic carbocycles. The lowest BCUT2D eigenvalue weighted by Crippen LogP contribution is -2.45. The number of amides is 1. The summed E-state index contributed by atoms with van der Waals surface area (Å²) in [6.45, 7) is 4.16. The molecule has 0 bridgehead atoms. The first-order valence-corrected chi connectivity index (χ1v) is 24.6. The smallest absolute Gasteiger partial charge is 0.220 e. The molecule has 0 saturated heterocycles. The molecular formula is C55H93NO3. The van der Waals surface area contributed by atoms with Crippen molar-refractivity contribution in [3.05, 3.63) is 109 Å². The molecule has 0 rings (SSSR count). The Morgan fingerprint density at radius 1 is 0.424 bits per heavy atom. The molecule has 2 unspecified atom stereocenters. The molecule has 0 heterocycles. The number of aliphatic hydroxyl groups is 2. The molecule has 0 saturated carbocycles.